The van der Waals surface area contributed by atoms with Gasteiger partial charge in [0.25, 0.3) is 15.9 Å². The van der Waals surface area contributed by atoms with Crippen LogP contribution in [-0.4, -0.2) is 101 Å². The maximum Gasteiger partial charge on any atom is 0.268 e. The minimum atomic E-state index is -4.21. The van der Waals surface area contributed by atoms with E-state index in [-0.39, 0.29) is 21.6 Å². The maximum atomic E-state index is 14.0. The van der Waals surface area contributed by atoms with Gasteiger partial charge >= 0.3 is 0 Å². The Balaban J connectivity index is 0.967. The summed E-state index contributed by atoms with van der Waals surface area (Å²) in [6.45, 7) is 16.0. The number of nitrogens with one attached hydrogen (secondary N) is 3. The van der Waals surface area contributed by atoms with E-state index in [1.54, 1.807) is 18.2 Å². The summed E-state index contributed by atoms with van der Waals surface area (Å²) in [6, 6.07) is 26.2. The number of piperazine rings is 1. The molecule has 0 saturated carbocycles. The van der Waals surface area contributed by atoms with Gasteiger partial charge in [0.1, 0.15) is 11.5 Å². The Kier molecular flexibility index (Phi) is 13.1. The summed E-state index contributed by atoms with van der Waals surface area (Å²) in [5.74, 6) is 0.0643. The number of aromatic amines is 1. The lowest BCUT2D eigenvalue weighted by atomic mass is 9.72. The molecular formula is C48H57ClN6O5S. The fourth-order valence-electron chi connectivity index (χ4n) is 8.73. The Bertz CT molecular complexity index is 2490. The molecular weight excluding hydrogens is 808 g/mol. The molecule has 3 aliphatic rings. The number of carbonyl (C=O) groups is 1. The summed E-state index contributed by atoms with van der Waals surface area (Å²) >= 11 is 6.26. The van der Waals surface area contributed by atoms with Crippen molar-refractivity contribution in [2.75, 3.05) is 82.3 Å². The molecule has 2 fully saturated rings. The molecule has 3 N–H and O–H groups in total. The van der Waals surface area contributed by atoms with E-state index in [9.17, 15) is 13.2 Å². The number of ether oxygens (including phenoxy) is 2. The van der Waals surface area contributed by atoms with Crippen LogP contribution in [0.3, 0.4) is 0 Å². The number of H-pyrrole nitrogens is 1. The quantitative estimate of drug-likeness (QED) is 0.0941. The number of amides is 1. The maximum absolute atomic E-state index is 14.0. The number of nitrogens with zero attached hydrogens (tertiary/aromatic N) is 3. The van der Waals surface area contributed by atoms with Gasteiger partial charge in [0.2, 0.25) is 0 Å². The van der Waals surface area contributed by atoms with Crippen molar-refractivity contribution in [3.63, 3.8) is 0 Å². The number of allylic oxidation sites excluding steroid dienone is 1. The number of morpholine rings is 1. The Morgan fingerprint density at radius 1 is 0.902 bits per heavy atom. The number of aryl methyl sites for hydroxylation is 1. The van der Waals surface area contributed by atoms with Crippen LogP contribution in [0.25, 0.3) is 16.5 Å². The van der Waals surface area contributed by atoms with E-state index >= 15 is 0 Å². The van der Waals surface area contributed by atoms with Gasteiger partial charge < -0.3 is 24.7 Å². The topological polar surface area (TPSA) is 119 Å². The number of benzene rings is 4. The van der Waals surface area contributed by atoms with Crippen molar-refractivity contribution in [1.82, 2.24) is 19.5 Å². The van der Waals surface area contributed by atoms with Crippen LogP contribution >= 0.6 is 11.6 Å². The van der Waals surface area contributed by atoms with E-state index in [4.69, 9.17) is 21.1 Å². The number of hydrogen-bond donors (Lipinski definition) is 3. The molecule has 0 atom stereocenters. The van der Waals surface area contributed by atoms with Crippen LogP contribution in [0.4, 0.5) is 11.4 Å². The number of rotatable bonds is 14. The first kappa shape index (κ1) is 42.8. The Morgan fingerprint density at radius 2 is 1.69 bits per heavy atom. The fourth-order valence-corrected chi connectivity index (χ4v) is 9.91. The molecule has 61 heavy (non-hydrogen) atoms. The van der Waals surface area contributed by atoms with Crippen LogP contribution in [0.15, 0.2) is 102 Å². The van der Waals surface area contributed by atoms with Crippen molar-refractivity contribution in [1.29, 1.82) is 0 Å². The molecule has 0 unspecified atom stereocenters. The van der Waals surface area contributed by atoms with Crippen molar-refractivity contribution in [2.24, 2.45) is 5.41 Å². The lowest BCUT2D eigenvalue weighted by Gasteiger charge is -2.39. The molecule has 2 aliphatic heterocycles. The van der Waals surface area contributed by atoms with Crippen LogP contribution in [-0.2, 0) is 14.8 Å². The monoisotopic (exact) mass is 864 g/mol. The van der Waals surface area contributed by atoms with E-state index in [1.807, 2.05) is 61.7 Å². The third kappa shape index (κ3) is 10.4. The molecule has 1 aromatic heterocycles. The highest BCUT2D eigenvalue weighted by Crippen LogP contribution is 2.43. The standard InChI is InChI=1S/C48H57ClN6O5S/c1-34-30-39(13-15-43(34)50-19-5-21-53-26-28-59-29-27-53)61(57,58)52-47(56)41-14-12-38(31-46(41)60-45-7-4-6-44-40(45)17-20-51-44)55-24-22-54(23-25-55)33-36-16-18-48(2,3)32-42(36)35-8-10-37(49)11-9-35/h4,6-15,17,20,30-31,50-51H,5,16,18-19,21-29,32-33H2,1-3H3,(H,52,56). The van der Waals surface area contributed by atoms with Crippen LogP contribution in [0.2, 0.25) is 5.02 Å². The minimum absolute atomic E-state index is 0.0132. The normalized spacial score (nSPS) is 17.7. The lowest BCUT2D eigenvalue weighted by molar-refractivity contribution is 0.0378. The van der Waals surface area contributed by atoms with E-state index in [2.05, 4.69) is 55.7 Å². The van der Waals surface area contributed by atoms with Gasteiger partial charge in [-0.15, -0.1) is 0 Å². The van der Waals surface area contributed by atoms with Gasteiger partial charge in [0.15, 0.2) is 0 Å². The summed E-state index contributed by atoms with van der Waals surface area (Å²) in [5, 5.41) is 5.03. The molecule has 0 radical (unpaired) electrons. The molecule has 5 aromatic rings. The predicted molar refractivity (Wildman–Crippen MR) is 246 cm³/mol. The molecule has 11 nitrogen and oxygen atoms in total. The molecule has 3 heterocycles. The number of halogens is 1. The zero-order valence-electron chi connectivity index (χ0n) is 35.4. The molecule has 4 aromatic carbocycles. The van der Waals surface area contributed by atoms with Crippen molar-refractivity contribution in [3.8, 4) is 11.5 Å². The number of fused-ring (bicyclic) bond motifs is 1. The molecule has 0 spiro atoms. The third-order valence-corrected chi connectivity index (χ3v) is 13.9. The van der Waals surface area contributed by atoms with Crippen molar-refractivity contribution in [2.45, 2.75) is 51.3 Å². The Labute approximate surface area is 365 Å². The van der Waals surface area contributed by atoms with Crippen LogP contribution < -0.4 is 19.7 Å². The summed E-state index contributed by atoms with van der Waals surface area (Å²) in [5.41, 5.74) is 8.01. The van der Waals surface area contributed by atoms with Gasteiger partial charge in [-0.3, -0.25) is 14.6 Å². The van der Waals surface area contributed by atoms with E-state index in [0.29, 0.717) is 5.75 Å². The van der Waals surface area contributed by atoms with Crippen molar-refractivity contribution in [3.05, 3.63) is 118 Å². The first-order valence-corrected chi connectivity index (χ1v) is 23.3. The first-order chi connectivity index (χ1) is 29.4. The van der Waals surface area contributed by atoms with Gasteiger partial charge in [-0.2, -0.15) is 0 Å². The summed E-state index contributed by atoms with van der Waals surface area (Å²) < 4.78 is 41.7. The van der Waals surface area contributed by atoms with Crippen molar-refractivity contribution >= 4 is 55.4 Å². The fraction of sp³-hybridized carbons (Fsp3) is 0.396. The van der Waals surface area contributed by atoms with Gasteiger partial charge in [-0.25, -0.2) is 13.1 Å². The second-order valence-corrected chi connectivity index (χ2v) is 19.4. The lowest BCUT2D eigenvalue weighted by Crippen LogP contribution is -2.47. The SMILES string of the molecule is Cc1cc(S(=O)(=O)NC(=O)c2ccc(N3CCN(CC4=C(c5ccc(Cl)cc5)CC(C)(C)CC4)CC3)cc2Oc2cccc3[nH]ccc23)ccc1NCCCN1CCOCC1. The first-order valence-electron chi connectivity index (χ1n) is 21.4. The van der Waals surface area contributed by atoms with Crippen LogP contribution in [0.1, 0.15) is 61.0 Å². The molecule has 0 bridgehead atoms. The Hall–Kier alpha value is -4.85. The highest BCUT2D eigenvalue weighted by atomic mass is 35.5. The number of hydrogen-bond acceptors (Lipinski definition) is 9. The molecule has 1 aliphatic carbocycles. The average Bonchev–Trinajstić information content (AvgIpc) is 3.74. The minimum Gasteiger partial charge on any atom is -0.456 e. The molecule has 322 valence electrons. The number of sulfonamides is 1. The van der Waals surface area contributed by atoms with Gasteiger partial charge in [-0.1, -0.05) is 49.2 Å². The predicted octanol–water partition coefficient (Wildman–Crippen LogP) is 8.96. The van der Waals surface area contributed by atoms with E-state index in [1.165, 1.54) is 29.2 Å². The zero-order chi connectivity index (χ0) is 42.6. The number of anilines is 2. The Morgan fingerprint density at radius 3 is 2.46 bits per heavy atom. The van der Waals surface area contributed by atoms with Gasteiger partial charge in [0, 0.05) is 91.9 Å². The zero-order valence-corrected chi connectivity index (χ0v) is 37.0. The smallest absolute Gasteiger partial charge is 0.268 e. The average molecular weight is 866 g/mol. The van der Waals surface area contributed by atoms with Crippen molar-refractivity contribution < 1.29 is 22.7 Å². The molecule has 8 rings (SSSR count). The summed E-state index contributed by atoms with van der Waals surface area (Å²) in [6.07, 6.45) is 6.09. The highest BCUT2D eigenvalue weighted by molar-refractivity contribution is 7.90. The third-order valence-electron chi connectivity index (χ3n) is 12.3. The number of aromatic nitrogens is 1. The second-order valence-electron chi connectivity index (χ2n) is 17.3. The highest BCUT2D eigenvalue weighted by Gasteiger charge is 2.30. The molecule has 1 amide bonds. The largest absolute Gasteiger partial charge is 0.456 e. The summed E-state index contributed by atoms with van der Waals surface area (Å²) in [4.78, 5) is 24.4. The van der Waals surface area contributed by atoms with E-state index in [0.717, 1.165) is 124 Å². The number of carbonyl (C=O) groups excluding carboxylic acids is 1. The van der Waals surface area contributed by atoms with Gasteiger partial charge in [-0.05, 0) is 122 Å². The van der Waals surface area contributed by atoms with Gasteiger partial charge in [0.05, 0.1) is 23.7 Å². The molecule has 2 saturated heterocycles. The molecule has 13 heteroatoms. The van der Waals surface area contributed by atoms with Crippen LogP contribution in [0.5, 0.6) is 11.5 Å². The van der Waals surface area contributed by atoms with E-state index < -0.39 is 15.9 Å². The van der Waals surface area contributed by atoms with Crippen LogP contribution in [0, 0.1) is 12.3 Å². The second kappa shape index (κ2) is 18.6. The summed E-state index contributed by atoms with van der Waals surface area (Å²) in [7, 11) is -4.21.